The fourth-order valence-electron chi connectivity index (χ4n) is 1.35. The van der Waals surface area contributed by atoms with Gasteiger partial charge >= 0.3 is 0 Å². The van der Waals surface area contributed by atoms with E-state index in [4.69, 9.17) is 4.74 Å². The lowest BCUT2D eigenvalue weighted by Crippen LogP contribution is -1.98. The van der Waals surface area contributed by atoms with Crippen LogP contribution >= 0.6 is 0 Å². The Labute approximate surface area is 87.1 Å². The van der Waals surface area contributed by atoms with Crippen LogP contribution in [0.15, 0.2) is 18.2 Å². The molecule has 0 saturated heterocycles. The van der Waals surface area contributed by atoms with Crippen molar-refractivity contribution in [2.24, 2.45) is 0 Å². The van der Waals surface area contributed by atoms with Crippen molar-refractivity contribution in [3.8, 4) is 5.75 Å². The zero-order valence-corrected chi connectivity index (χ0v) is 9.47. The largest absolute Gasteiger partial charge is 0.493 e. The van der Waals surface area contributed by atoms with E-state index in [2.05, 4.69) is 39.0 Å². The van der Waals surface area contributed by atoms with Crippen LogP contribution in [-0.4, -0.2) is 6.61 Å². The molecule has 1 heteroatoms. The third-order valence-electron chi connectivity index (χ3n) is 2.42. The van der Waals surface area contributed by atoms with E-state index in [9.17, 15) is 0 Å². The van der Waals surface area contributed by atoms with E-state index in [1.807, 2.05) is 0 Å². The Kier molecular flexibility index (Phi) is 4.51. The minimum absolute atomic E-state index is 0.838. The summed E-state index contributed by atoms with van der Waals surface area (Å²) in [6, 6.07) is 6.47. The van der Waals surface area contributed by atoms with Gasteiger partial charge in [-0.2, -0.15) is 0 Å². The summed E-state index contributed by atoms with van der Waals surface area (Å²) in [5.41, 5.74) is 2.58. The number of rotatable bonds is 5. The van der Waals surface area contributed by atoms with Gasteiger partial charge in [0.2, 0.25) is 0 Å². The van der Waals surface area contributed by atoms with Crippen LogP contribution in [0, 0.1) is 6.92 Å². The van der Waals surface area contributed by atoms with Crippen LogP contribution in [0.4, 0.5) is 0 Å². The first-order valence-corrected chi connectivity index (χ1v) is 5.50. The molecule has 78 valence electrons. The number of benzene rings is 1. The summed E-state index contributed by atoms with van der Waals surface area (Å²) >= 11 is 0. The number of hydrogen-bond acceptors (Lipinski definition) is 1. The van der Waals surface area contributed by atoms with Gasteiger partial charge in [-0.3, -0.25) is 0 Å². The maximum Gasteiger partial charge on any atom is 0.122 e. The molecule has 1 aromatic rings. The molecule has 1 nitrogen and oxygen atoms in total. The molecule has 0 amide bonds. The van der Waals surface area contributed by atoms with Crippen LogP contribution in [0.1, 0.15) is 37.8 Å². The number of ether oxygens (including phenoxy) is 1. The van der Waals surface area contributed by atoms with Crippen LogP contribution in [0.25, 0.3) is 0 Å². The number of hydrogen-bond donors (Lipinski definition) is 0. The molecule has 0 atom stereocenters. The molecule has 0 spiro atoms. The lowest BCUT2D eigenvalue weighted by atomic mass is 10.1. The molecule has 0 aliphatic carbocycles. The molecule has 0 fully saturated rings. The van der Waals surface area contributed by atoms with Gasteiger partial charge in [-0.05, 0) is 37.0 Å². The third kappa shape index (κ3) is 3.06. The SMILES string of the molecule is CCCCOc1cc(CC)ccc1C. The number of unbranched alkanes of at least 4 members (excludes halogenated alkanes) is 1. The predicted molar refractivity (Wildman–Crippen MR) is 61.0 cm³/mol. The molecule has 1 aromatic carbocycles. The summed E-state index contributed by atoms with van der Waals surface area (Å²) in [4.78, 5) is 0. The fourth-order valence-corrected chi connectivity index (χ4v) is 1.35. The Morgan fingerprint density at radius 1 is 1.21 bits per heavy atom. The average molecular weight is 192 g/mol. The Bertz CT molecular complexity index is 279. The Hall–Kier alpha value is -0.980. The lowest BCUT2D eigenvalue weighted by molar-refractivity contribution is 0.307. The molecule has 0 bridgehead atoms. The molecule has 0 N–H and O–H groups in total. The second-order valence-electron chi connectivity index (χ2n) is 3.66. The van der Waals surface area contributed by atoms with Crippen molar-refractivity contribution >= 4 is 0 Å². The standard InChI is InChI=1S/C13H20O/c1-4-6-9-14-13-10-12(5-2)8-7-11(13)3/h7-8,10H,4-6,9H2,1-3H3. The summed E-state index contributed by atoms with van der Waals surface area (Å²) < 4.78 is 5.72. The highest BCUT2D eigenvalue weighted by atomic mass is 16.5. The Morgan fingerprint density at radius 2 is 2.00 bits per heavy atom. The lowest BCUT2D eigenvalue weighted by Gasteiger charge is -2.09. The first-order chi connectivity index (χ1) is 6.77. The highest BCUT2D eigenvalue weighted by molar-refractivity contribution is 5.36. The second-order valence-corrected chi connectivity index (χ2v) is 3.66. The molecular formula is C13H20O. The summed E-state index contributed by atoms with van der Waals surface area (Å²) in [6.07, 6.45) is 3.40. The topological polar surface area (TPSA) is 9.23 Å². The van der Waals surface area contributed by atoms with E-state index in [-0.39, 0.29) is 0 Å². The predicted octanol–water partition coefficient (Wildman–Crippen LogP) is 3.74. The van der Waals surface area contributed by atoms with Crippen molar-refractivity contribution in [1.29, 1.82) is 0 Å². The molecule has 0 aliphatic rings. The molecule has 0 unspecified atom stereocenters. The van der Waals surface area contributed by atoms with Crippen molar-refractivity contribution in [1.82, 2.24) is 0 Å². The van der Waals surface area contributed by atoms with Crippen LogP contribution < -0.4 is 4.74 Å². The smallest absolute Gasteiger partial charge is 0.122 e. The molecule has 0 heterocycles. The van der Waals surface area contributed by atoms with Gasteiger partial charge in [0.1, 0.15) is 5.75 Å². The van der Waals surface area contributed by atoms with Crippen molar-refractivity contribution < 1.29 is 4.74 Å². The first-order valence-electron chi connectivity index (χ1n) is 5.50. The molecule has 0 aromatic heterocycles. The maximum absolute atomic E-state index is 5.72. The Balaban J connectivity index is 2.64. The molecule has 0 saturated carbocycles. The highest BCUT2D eigenvalue weighted by Crippen LogP contribution is 2.20. The highest BCUT2D eigenvalue weighted by Gasteiger charge is 1.99. The molecule has 1 rings (SSSR count). The van der Waals surface area contributed by atoms with Crippen molar-refractivity contribution in [3.05, 3.63) is 29.3 Å². The quantitative estimate of drug-likeness (QED) is 0.646. The van der Waals surface area contributed by atoms with Crippen LogP contribution in [0.2, 0.25) is 0 Å². The van der Waals surface area contributed by atoms with E-state index in [0.29, 0.717) is 0 Å². The van der Waals surface area contributed by atoms with Gasteiger partial charge in [-0.1, -0.05) is 32.4 Å². The van der Waals surface area contributed by atoms with Gasteiger partial charge in [0.05, 0.1) is 6.61 Å². The van der Waals surface area contributed by atoms with Crippen LogP contribution in [0.5, 0.6) is 5.75 Å². The van der Waals surface area contributed by atoms with Crippen LogP contribution in [-0.2, 0) is 6.42 Å². The van der Waals surface area contributed by atoms with Gasteiger partial charge < -0.3 is 4.74 Å². The molecule has 0 aliphatic heterocycles. The summed E-state index contributed by atoms with van der Waals surface area (Å²) in [6.45, 7) is 7.28. The van der Waals surface area contributed by atoms with Crippen molar-refractivity contribution in [2.75, 3.05) is 6.61 Å². The van der Waals surface area contributed by atoms with E-state index >= 15 is 0 Å². The van der Waals surface area contributed by atoms with Gasteiger partial charge in [0, 0.05) is 0 Å². The summed E-state index contributed by atoms with van der Waals surface area (Å²) in [5.74, 6) is 1.05. The first kappa shape index (κ1) is 11.1. The van der Waals surface area contributed by atoms with E-state index < -0.39 is 0 Å². The van der Waals surface area contributed by atoms with E-state index in [0.717, 1.165) is 25.2 Å². The van der Waals surface area contributed by atoms with E-state index in [1.54, 1.807) is 0 Å². The van der Waals surface area contributed by atoms with Gasteiger partial charge in [0.15, 0.2) is 0 Å². The summed E-state index contributed by atoms with van der Waals surface area (Å²) in [5, 5.41) is 0. The zero-order chi connectivity index (χ0) is 10.4. The zero-order valence-electron chi connectivity index (χ0n) is 9.47. The summed E-state index contributed by atoms with van der Waals surface area (Å²) in [7, 11) is 0. The number of aryl methyl sites for hydroxylation is 2. The minimum atomic E-state index is 0.838. The van der Waals surface area contributed by atoms with E-state index in [1.165, 1.54) is 17.5 Å². The monoisotopic (exact) mass is 192 g/mol. The second kappa shape index (κ2) is 5.69. The Morgan fingerprint density at radius 3 is 2.64 bits per heavy atom. The molecule has 14 heavy (non-hydrogen) atoms. The van der Waals surface area contributed by atoms with Crippen LogP contribution in [0.3, 0.4) is 0 Å². The van der Waals surface area contributed by atoms with Gasteiger partial charge in [-0.15, -0.1) is 0 Å². The average Bonchev–Trinajstić information content (AvgIpc) is 2.21. The van der Waals surface area contributed by atoms with Crippen molar-refractivity contribution in [2.45, 2.75) is 40.0 Å². The maximum atomic E-state index is 5.72. The van der Waals surface area contributed by atoms with Gasteiger partial charge in [-0.25, -0.2) is 0 Å². The molecular weight excluding hydrogens is 172 g/mol. The van der Waals surface area contributed by atoms with Crippen molar-refractivity contribution in [3.63, 3.8) is 0 Å². The minimum Gasteiger partial charge on any atom is -0.493 e. The fraction of sp³-hybridized carbons (Fsp3) is 0.538. The molecule has 0 radical (unpaired) electrons. The third-order valence-corrected chi connectivity index (χ3v) is 2.42. The normalized spacial score (nSPS) is 10.2. The van der Waals surface area contributed by atoms with Gasteiger partial charge in [0.25, 0.3) is 0 Å².